The van der Waals surface area contributed by atoms with Crippen molar-refractivity contribution in [3.8, 4) is 0 Å². The average molecular weight is 327 g/mol. The van der Waals surface area contributed by atoms with Crippen molar-refractivity contribution in [3.63, 3.8) is 0 Å². The van der Waals surface area contributed by atoms with Gasteiger partial charge in [0.15, 0.2) is 0 Å². The van der Waals surface area contributed by atoms with E-state index in [4.69, 9.17) is 10.5 Å². The summed E-state index contributed by atoms with van der Waals surface area (Å²) in [6, 6.07) is 4.84. The molecule has 0 aromatic heterocycles. The van der Waals surface area contributed by atoms with Gasteiger partial charge in [-0.25, -0.2) is 9.38 Å². The number of hydrogen-bond donors (Lipinski definition) is 1. The van der Waals surface area contributed by atoms with E-state index in [0.717, 1.165) is 23.7 Å². The highest BCUT2D eigenvalue weighted by Crippen LogP contribution is 2.50. The summed E-state index contributed by atoms with van der Waals surface area (Å²) in [5, 5.41) is 0. The number of aliphatic imine (C=N–C) groups is 1. The highest BCUT2D eigenvalue weighted by atomic mass is 79.9. The van der Waals surface area contributed by atoms with E-state index in [1.54, 1.807) is 12.1 Å². The van der Waals surface area contributed by atoms with Crippen molar-refractivity contribution >= 4 is 22.0 Å². The standard InChI is InChI=1S/C14H16BrFN2O/c1-8-12(10-7-9(15)3-4-11(10)16)18-13(17)19-14(8)5-2-6-14/h3-4,7-8,12H,2,5-6H2,1H3,(H2,17,18). The van der Waals surface area contributed by atoms with Gasteiger partial charge in [0.1, 0.15) is 11.4 Å². The summed E-state index contributed by atoms with van der Waals surface area (Å²) in [5.41, 5.74) is 6.13. The number of benzene rings is 1. The van der Waals surface area contributed by atoms with Crippen LogP contribution in [0.2, 0.25) is 0 Å². The van der Waals surface area contributed by atoms with E-state index in [-0.39, 0.29) is 29.4 Å². The van der Waals surface area contributed by atoms with Crippen LogP contribution in [-0.4, -0.2) is 11.6 Å². The first-order valence-electron chi connectivity index (χ1n) is 6.49. The number of ether oxygens (including phenoxy) is 1. The largest absolute Gasteiger partial charge is 0.458 e. The van der Waals surface area contributed by atoms with Crippen molar-refractivity contribution in [2.24, 2.45) is 16.6 Å². The number of nitrogens with two attached hydrogens (primary N) is 1. The van der Waals surface area contributed by atoms with Crippen LogP contribution in [0, 0.1) is 11.7 Å². The molecule has 2 unspecified atom stereocenters. The Morgan fingerprint density at radius 3 is 2.84 bits per heavy atom. The van der Waals surface area contributed by atoms with Crippen LogP contribution in [0.3, 0.4) is 0 Å². The second kappa shape index (κ2) is 4.47. The SMILES string of the molecule is CC1C(c2cc(Br)ccc2F)N=C(N)OC12CCC2. The van der Waals surface area contributed by atoms with Crippen LogP contribution >= 0.6 is 15.9 Å². The van der Waals surface area contributed by atoms with Gasteiger partial charge in [-0.3, -0.25) is 0 Å². The van der Waals surface area contributed by atoms with Gasteiger partial charge in [-0.1, -0.05) is 22.9 Å². The fourth-order valence-electron chi connectivity index (χ4n) is 3.03. The normalized spacial score (nSPS) is 28.5. The summed E-state index contributed by atoms with van der Waals surface area (Å²) in [6.45, 7) is 2.07. The minimum atomic E-state index is -0.272. The lowest BCUT2D eigenvalue weighted by Gasteiger charge is -2.50. The van der Waals surface area contributed by atoms with E-state index in [9.17, 15) is 4.39 Å². The molecule has 3 rings (SSSR count). The molecule has 1 aromatic rings. The Kier molecular flexibility index (Phi) is 3.04. The van der Waals surface area contributed by atoms with Crippen molar-refractivity contribution in [2.75, 3.05) is 0 Å². The number of nitrogens with zero attached hydrogens (tertiary/aromatic N) is 1. The summed E-state index contributed by atoms with van der Waals surface area (Å²) in [5.74, 6) is -0.120. The molecule has 0 amide bonds. The molecule has 1 heterocycles. The molecule has 2 atom stereocenters. The molecule has 0 saturated heterocycles. The van der Waals surface area contributed by atoms with Crippen LogP contribution in [-0.2, 0) is 4.74 Å². The van der Waals surface area contributed by atoms with Gasteiger partial charge >= 0.3 is 0 Å². The lowest BCUT2D eigenvalue weighted by Crippen LogP contribution is -2.53. The maximum atomic E-state index is 14.1. The van der Waals surface area contributed by atoms with Gasteiger partial charge in [0.2, 0.25) is 0 Å². The molecule has 0 bridgehead atoms. The van der Waals surface area contributed by atoms with Crippen LogP contribution < -0.4 is 5.73 Å². The molecular formula is C14H16BrFN2O. The van der Waals surface area contributed by atoms with Gasteiger partial charge in [0.05, 0.1) is 6.04 Å². The molecule has 1 aromatic carbocycles. The molecule has 1 spiro atoms. The molecule has 1 fully saturated rings. The number of amidine groups is 1. The molecule has 5 heteroatoms. The Morgan fingerprint density at radius 1 is 1.47 bits per heavy atom. The molecule has 2 aliphatic rings. The summed E-state index contributed by atoms with van der Waals surface area (Å²) in [7, 11) is 0. The predicted octanol–water partition coefficient (Wildman–Crippen LogP) is 3.53. The van der Waals surface area contributed by atoms with E-state index < -0.39 is 0 Å². The maximum Gasteiger partial charge on any atom is 0.283 e. The first-order chi connectivity index (χ1) is 9.02. The van der Waals surface area contributed by atoms with E-state index in [0.29, 0.717) is 5.56 Å². The van der Waals surface area contributed by atoms with Crippen LogP contribution in [0.5, 0.6) is 0 Å². The number of hydrogen-bond acceptors (Lipinski definition) is 3. The second-order valence-corrected chi connectivity index (χ2v) is 6.30. The lowest BCUT2D eigenvalue weighted by atomic mass is 9.67. The average Bonchev–Trinajstić information content (AvgIpc) is 2.33. The van der Waals surface area contributed by atoms with Crippen LogP contribution in [0.15, 0.2) is 27.7 Å². The lowest BCUT2D eigenvalue weighted by molar-refractivity contribution is -0.0860. The van der Waals surface area contributed by atoms with Crippen LogP contribution in [0.4, 0.5) is 4.39 Å². The Bertz CT molecular complexity index is 542. The Morgan fingerprint density at radius 2 is 2.21 bits per heavy atom. The summed E-state index contributed by atoms with van der Waals surface area (Å²) >= 11 is 3.38. The minimum Gasteiger partial charge on any atom is -0.458 e. The van der Waals surface area contributed by atoms with Crippen molar-refractivity contribution in [2.45, 2.75) is 37.8 Å². The van der Waals surface area contributed by atoms with Crippen molar-refractivity contribution in [1.29, 1.82) is 0 Å². The Balaban J connectivity index is 2.03. The highest BCUT2D eigenvalue weighted by molar-refractivity contribution is 9.10. The first kappa shape index (κ1) is 12.9. The highest BCUT2D eigenvalue weighted by Gasteiger charge is 2.51. The third-order valence-electron chi connectivity index (χ3n) is 4.35. The van der Waals surface area contributed by atoms with E-state index in [1.807, 2.05) is 0 Å². The number of rotatable bonds is 1. The Labute approximate surface area is 120 Å². The molecule has 1 aliphatic heterocycles. The zero-order valence-electron chi connectivity index (χ0n) is 10.7. The van der Waals surface area contributed by atoms with Gasteiger partial charge in [-0.2, -0.15) is 0 Å². The van der Waals surface area contributed by atoms with Gasteiger partial charge in [0, 0.05) is 16.0 Å². The monoisotopic (exact) mass is 326 g/mol. The number of halogens is 2. The molecular weight excluding hydrogens is 311 g/mol. The molecule has 102 valence electrons. The fourth-order valence-corrected chi connectivity index (χ4v) is 3.41. The molecule has 2 N–H and O–H groups in total. The quantitative estimate of drug-likeness (QED) is 0.858. The third-order valence-corrected chi connectivity index (χ3v) is 4.85. The maximum absolute atomic E-state index is 14.1. The van der Waals surface area contributed by atoms with Crippen molar-refractivity contribution in [1.82, 2.24) is 0 Å². The van der Waals surface area contributed by atoms with E-state index in [1.165, 1.54) is 6.07 Å². The van der Waals surface area contributed by atoms with Gasteiger partial charge < -0.3 is 10.5 Å². The molecule has 1 saturated carbocycles. The summed E-state index contributed by atoms with van der Waals surface area (Å²) in [6.07, 6.45) is 3.07. The summed E-state index contributed by atoms with van der Waals surface area (Å²) in [4.78, 5) is 4.32. The third kappa shape index (κ3) is 2.04. The first-order valence-corrected chi connectivity index (χ1v) is 7.28. The summed E-state index contributed by atoms with van der Waals surface area (Å²) < 4.78 is 20.6. The van der Waals surface area contributed by atoms with Crippen LogP contribution in [0.25, 0.3) is 0 Å². The van der Waals surface area contributed by atoms with E-state index >= 15 is 0 Å². The Hall–Kier alpha value is -1.10. The predicted molar refractivity (Wildman–Crippen MR) is 75.3 cm³/mol. The van der Waals surface area contributed by atoms with Gasteiger partial charge in [0.25, 0.3) is 6.02 Å². The fraction of sp³-hybridized carbons (Fsp3) is 0.500. The topological polar surface area (TPSA) is 47.6 Å². The smallest absolute Gasteiger partial charge is 0.283 e. The van der Waals surface area contributed by atoms with Crippen molar-refractivity contribution in [3.05, 3.63) is 34.1 Å². The molecule has 3 nitrogen and oxygen atoms in total. The van der Waals surface area contributed by atoms with Crippen LogP contribution in [0.1, 0.15) is 37.8 Å². The minimum absolute atomic E-state index is 0.123. The zero-order chi connectivity index (χ0) is 13.6. The van der Waals surface area contributed by atoms with Gasteiger partial charge in [-0.05, 0) is 37.5 Å². The second-order valence-electron chi connectivity index (χ2n) is 5.39. The van der Waals surface area contributed by atoms with E-state index in [2.05, 4.69) is 27.8 Å². The molecule has 1 aliphatic carbocycles. The van der Waals surface area contributed by atoms with Crippen molar-refractivity contribution < 1.29 is 9.13 Å². The van der Waals surface area contributed by atoms with Gasteiger partial charge in [-0.15, -0.1) is 0 Å². The zero-order valence-corrected chi connectivity index (χ0v) is 12.3. The molecule has 0 radical (unpaired) electrons. The molecule has 19 heavy (non-hydrogen) atoms.